The summed E-state index contributed by atoms with van der Waals surface area (Å²) < 4.78 is 0.887. The highest BCUT2D eigenvalue weighted by Crippen LogP contribution is 2.45. The van der Waals surface area contributed by atoms with Gasteiger partial charge < -0.3 is 5.73 Å². The Morgan fingerprint density at radius 1 is 1.47 bits per heavy atom. The Balaban J connectivity index is 2.12. The van der Waals surface area contributed by atoms with Crippen molar-refractivity contribution in [3.63, 3.8) is 0 Å². The van der Waals surface area contributed by atoms with Crippen molar-refractivity contribution in [2.24, 2.45) is 11.7 Å². The monoisotopic (exact) mass is 243 g/mol. The summed E-state index contributed by atoms with van der Waals surface area (Å²) in [5.74, 6) is 1.22. The quantitative estimate of drug-likeness (QED) is 0.849. The minimum Gasteiger partial charge on any atom is -0.325 e. The van der Waals surface area contributed by atoms with Crippen molar-refractivity contribution in [3.8, 4) is 0 Å². The second kappa shape index (κ2) is 4.08. The average Bonchev–Trinajstić information content (AvgIpc) is 2.72. The van der Waals surface area contributed by atoms with Crippen molar-refractivity contribution in [1.82, 2.24) is 0 Å². The fourth-order valence-electron chi connectivity index (χ4n) is 2.00. The molecule has 1 heterocycles. The summed E-state index contributed by atoms with van der Waals surface area (Å²) in [6, 6.07) is 4.15. The SMILES string of the molecule is CC(C)C(CC1(N)CC1)c1ccc(Cl)s1. The van der Waals surface area contributed by atoms with E-state index in [9.17, 15) is 0 Å². The lowest BCUT2D eigenvalue weighted by atomic mass is 9.87. The molecule has 0 spiro atoms. The molecule has 0 radical (unpaired) electrons. The average molecular weight is 244 g/mol. The standard InChI is InChI=1S/C12H18ClNS/c1-8(2)9(7-12(14)5-6-12)10-3-4-11(13)15-10/h3-4,8-9H,5-7,14H2,1-2H3. The number of thiophene rings is 1. The molecule has 2 rings (SSSR count). The largest absolute Gasteiger partial charge is 0.325 e. The summed E-state index contributed by atoms with van der Waals surface area (Å²) in [6.45, 7) is 4.54. The Kier molecular flexibility index (Phi) is 3.11. The lowest BCUT2D eigenvalue weighted by Crippen LogP contribution is -2.26. The maximum atomic E-state index is 6.20. The summed E-state index contributed by atoms with van der Waals surface area (Å²) in [7, 11) is 0. The molecule has 2 N–H and O–H groups in total. The van der Waals surface area contributed by atoms with Crippen LogP contribution in [0.2, 0.25) is 4.34 Å². The molecule has 1 fully saturated rings. The lowest BCUT2D eigenvalue weighted by Gasteiger charge is -2.23. The molecule has 1 aliphatic rings. The molecule has 1 saturated carbocycles. The molecule has 1 aliphatic carbocycles. The number of nitrogens with two attached hydrogens (primary N) is 1. The summed E-state index contributed by atoms with van der Waals surface area (Å²) in [5, 5.41) is 0. The first-order valence-corrected chi connectivity index (χ1v) is 6.74. The highest BCUT2D eigenvalue weighted by Gasteiger charge is 2.41. The first-order chi connectivity index (χ1) is 7.00. The number of rotatable bonds is 4. The molecule has 0 bridgehead atoms. The number of hydrogen-bond donors (Lipinski definition) is 1. The van der Waals surface area contributed by atoms with E-state index in [0.717, 1.165) is 10.8 Å². The normalized spacial score (nSPS) is 20.6. The zero-order valence-electron chi connectivity index (χ0n) is 9.29. The Morgan fingerprint density at radius 3 is 2.53 bits per heavy atom. The van der Waals surface area contributed by atoms with Gasteiger partial charge in [-0.25, -0.2) is 0 Å². The lowest BCUT2D eigenvalue weighted by molar-refractivity contribution is 0.423. The molecule has 0 aliphatic heterocycles. The Bertz CT molecular complexity index is 341. The van der Waals surface area contributed by atoms with Crippen molar-refractivity contribution in [2.45, 2.75) is 44.6 Å². The fourth-order valence-corrected chi connectivity index (χ4v) is 3.33. The third kappa shape index (κ3) is 2.74. The molecule has 1 aromatic rings. The molecule has 15 heavy (non-hydrogen) atoms. The van der Waals surface area contributed by atoms with Gasteiger partial charge in [-0.1, -0.05) is 25.4 Å². The van der Waals surface area contributed by atoms with E-state index in [2.05, 4.69) is 19.9 Å². The van der Waals surface area contributed by atoms with Crippen LogP contribution in [0.25, 0.3) is 0 Å². The maximum Gasteiger partial charge on any atom is 0.0931 e. The van der Waals surface area contributed by atoms with Gasteiger partial charge in [0.2, 0.25) is 0 Å². The minimum atomic E-state index is 0.130. The minimum absolute atomic E-state index is 0.130. The van der Waals surface area contributed by atoms with Crippen LogP contribution >= 0.6 is 22.9 Å². The van der Waals surface area contributed by atoms with Gasteiger partial charge in [0.25, 0.3) is 0 Å². The third-order valence-electron chi connectivity index (χ3n) is 3.28. The third-order valence-corrected chi connectivity index (χ3v) is 4.65. The van der Waals surface area contributed by atoms with Gasteiger partial charge in [0.15, 0.2) is 0 Å². The van der Waals surface area contributed by atoms with Crippen molar-refractivity contribution in [3.05, 3.63) is 21.3 Å². The molecule has 0 amide bonds. The molecular formula is C12H18ClNS. The molecular weight excluding hydrogens is 226 g/mol. The van der Waals surface area contributed by atoms with E-state index >= 15 is 0 Å². The summed E-state index contributed by atoms with van der Waals surface area (Å²) >= 11 is 7.69. The van der Waals surface area contributed by atoms with Crippen LogP contribution in [0.4, 0.5) is 0 Å². The molecule has 1 unspecified atom stereocenters. The zero-order valence-corrected chi connectivity index (χ0v) is 10.9. The molecule has 3 heteroatoms. The highest BCUT2D eigenvalue weighted by molar-refractivity contribution is 7.16. The van der Waals surface area contributed by atoms with Crippen molar-refractivity contribution in [2.75, 3.05) is 0 Å². The molecule has 0 saturated heterocycles. The van der Waals surface area contributed by atoms with E-state index in [-0.39, 0.29) is 5.54 Å². The van der Waals surface area contributed by atoms with E-state index in [1.807, 2.05) is 6.07 Å². The van der Waals surface area contributed by atoms with Gasteiger partial charge in [-0.05, 0) is 43.2 Å². The number of halogens is 1. The van der Waals surface area contributed by atoms with Crippen LogP contribution in [0, 0.1) is 5.92 Å². The summed E-state index contributed by atoms with van der Waals surface area (Å²) in [5.41, 5.74) is 6.33. The van der Waals surface area contributed by atoms with Crippen LogP contribution in [-0.2, 0) is 0 Å². The van der Waals surface area contributed by atoms with E-state index in [0.29, 0.717) is 11.8 Å². The molecule has 84 valence electrons. The Morgan fingerprint density at radius 2 is 2.13 bits per heavy atom. The van der Waals surface area contributed by atoms with E-state index in [1.54, 1.807) is 11.3 Å². The first-order valence-electron chi connectivity index (χ1n) is 5.54. The van der Waals surface area contributed by atoms with Crippen molar-refractivity contribution >= 4 is 22.9 Å². The van der Waals surface area contributed by atoms with Crippen molar-refractivity contribution in [1.29, 1.82) is 0 Å². The Hall–Kier alpha value is -0.0500. The van der Waals surface area contributed by atoms with Gasteiger partial charge in [0.1, 0.15) is 0 Å². The van der Waals surface area contributed by atoms with Crippen LogP contribution in [0.1, 0.15) is 43.9 Å². The summed E-state index contributed by atoms with van der Waals surface area (Å²) in [4.78, 5) is 1.40. The van der Waals surface area contributed by atoms with E-state index in [1.165, 1.54) is 17.7 Å². The second-order valence-electron chi connectivity index (χ2n) is 5.06. The predicted molar refractivity (Wildman–Crippen MR) is 67.7 cm³/mol. The van der Waals surface area contributed by atoms with Crippen LogP contribution in [-0.4, -0.2) is 5.54 Å². The zero-order chi connectivity index (χ0) is 11.1. The topological polar surface area (TPSA) is 26.0 Å². The van der Waals surface area contributed by atoms with Gasteiger partial charge in [0.05, 0.1) is 4.34 Å². The molecule has 1 aromatic heterocycles. The van der Waals surface area contributed by atoms with Gasteiger partial charge in [0, 0.05) is 10.4 Å². The molecule has 1 nitrogen and oxygen atoms in total. The first kappa shape index (κ1) is 11.4. The molecule has 1 atom stereocenters. The summed E-state index contributed by atoms with van der Waals surface area (Å²) in [6.07, 6.45) is 3.49. The van der Waals surface area contributed by atoms with Crippen molar-refractivity contribution < 1.29 is 0 Å². The van der Waals surface area contributed by atoms with Crippen LogP contribution in [0.3, 0.4) is 0 Å². The number of hydrogen-bond acceptors (Lipinski definition) is 2. The highest BCUT2D eigenvalue weighted by atomic mass is 35.5. The van der Waals surface area contributed by atoms with E-state index in [4.69, 9.17) is 17.3 Å². The van der Waals surface area contributed by atoms with Gasteiger partial charge >= 0.3 is 0 Å². The maximum absolute atomic E-state index is 6.20. The van der Waals surface area contributed by atoms with Crippen LogP contribution in [0.15, 0.2) is 12.1 Å². The van der Waals surface area contributed by atoms with Crippen LogP contribution in [0.5, 0.6) is 0 Å². The van der Waals surface area contributed by atoms with Gasteiger partial charge in [-0.3, -0.25) is 0 Å². The second-order valence-corrected chi connectivity index (χ2v) is 6.81. The Labute approximate surface area is 101 Å². The smallest absolute Gasteiger partial charge is 0.0931 e. The fraction of sp³-hybridized carbons (Fsp3) is 0.667. The molecule has 0 aromatic carbocycles. The van der Waals surface area contributed by atoms with E-state index < -0.39 is 0 Å². The van der Waals surface area contributed by atoms with Crippen LogP contribution < -0.4 is 5.73 Å². The predicted octanol–water partition coefficient (Wildman–Crippen LogP) is 4.02. The van der Waals surface area contributed by atoms with Gasteiger partial charge in [-0.2, -0.15) is 0 Å². The van der Waals surface area contributed by atoms with Gasteiger partial charge in [-0.15, -0.1) is 11.3 Å².